The molecule has 1 saturated heterocycles. The molecule has 0 spiro atoms. The minimum absolute atomic E-state index is 0.152. The number of anilines is 1. The molecule has 12 heteroatoms. The Morgan fingerprint density at radius 1 is 1.10 bits per heavy atom. The summed E-state index contributed by atoms with van der Waals surface area (Å²) in [5.41, 5.74) is 1.95. The van der Waals surface area contributed by atoms with Gasteiger partial charge in [-0.15, -0.1) is 0 Å². The highest BCUT2D eigenvalue weighted by atomic mass is 32.1. The molecule has 0 aliphatic carbocycles. The van der Waals surface area contributed by atoms with Gasteiger partial charge in [0.1, 0.15) is 17.1 Å². The van der Waals surface area contributed by atoms with Crippen LogP contribution in [0.2, 0.25) is 0 Å². The zero-order valence-electron chi connectivity index (χ0n) is 20.6. The number of ketones is 1. The Kier molecular flexibility index (Phi) is 5.61. The van der Waals surface area contributed by atoms with Crippen LogP contribution in [0.15, 0.2) is 72.4 Å². The highest BCUT2D eigenvalue weighted by Crippen LogP contribution is 2.45. The molecule has 1 aliphatic heterocycles. The van der Waals surface area contributed by atoms with Crippen LogP contribution in [0, 0.1) is 17.0 Å². The molecule has 6 rings (SSSR count). The third kappa shape index (κ3) is 3.80. The smallest absolute Gasteiger partial charge is 0.301 e. The van der Waals surface area contributed by atoms with Gasteiger partial charge in [-0.1, -0.05) is 17.4 Å². The molecule has 2 aromatic carbocycles. The molecule has 1 aliphatic rings. The summed E-state index contributed by atoms with van der Waals surface area (Å²) >= 11 is 1.19. The number of hydrogen-bond donors (Lipinski definition) is 1. The first-order valence-electron chi connectivity index (χ1n) is 11.7. The molecule has 39 heavy (non-hydrogen) atoms. The van der Waals surface area contributed by atoms with Gasteiger partial charge in [0.25, 0.3) is 11.5 Å². The zero-order valence-corrected chi connectivity index (χ0v) is 21.4. The van der Waals surface area contributed by atoms with E-state index in [1.54, 1.807) is 61.0 Å². The number of non-ortho nitro benzene ring substituents is 1. The van der Waals surface area contributed by atoms with Crippen molar-refractivity contribution in [3.63, 3.8) is 0 Å². The molecular formula is C27H19N5O6S. The number of aliphatic hydroxyl groups is 1. The lowest BCUT2D eigenvalue weighted by Gasteiger charge is -2.22. The van der Waals surface area contributed by atoms with Crippen molar-refractivity contribution in [1.29, 1.82) is 0 Å². The van der Waals surface area contributed by atoms with Crippen LogP contribution in [0.5, 0.6) is 5.75 Å². The quantitative estimate of drug-likeness (QED) is 0.110. The highest BCUT2D eigenvalue weighted by molar-refractivity contribution is 7.22. The molecule has 4 heterocycles. The number of amides is 1. The van der Waals surface area contributed by atoms with E-state index in [1.165, 1.54) is 40.5 Å². The largest absolute Gasteiger partial charge is 0.505 e. The van der Waals surface area contributed by atoms with Crippen molar-refractivity contribution in [2.24, 2.45) is 0 Å². The number of nitro benzene ring substituents is 1. The fraction of sp³-hybridized carbons (Fsp3) is 0.111. The second-order valence-electron chi connectivity index (χ2n) is 8.82. The molecule has 1 amide bonds. The van der Waals surface area contributed by atoms with Crippen molar-refractivity contribution in [2.45, 2.75) is 13.0 Å². The number of carbonyl (C=O) groups excluding carboxylic acids is 2. The summed E-state index contributed by atoms with van der Waals surface area (Å²) in [4.78, 5) is 48.1. The Labute approximate surface area is 224 Å². The number of pyridine rings is 1. The standard InChI is InChI=1S/C27H19N5O6S/c1-14-22(30-12-4-3-5-20(30)28-14)24(33)21-23(15-6-8-16(9-7-15)32(36)37)31(26(35)25(21)34)27-29-18-11-10-17(38-2)13-19(18)39-27/h3-13,23,33H,1-2H3/b24-21+. The van der Waals surface area contributed by atoms with Gasteiger partial charge in [0.05, 0.1) is 39.6 Å². The SMILES string of the molecule is COc1ccc2nc(N3C(=O)C(=O)/C(=C(/O)c4c(C)nc5ccccn45)C3c3ccc([N+](=O)[O-])cc3)sc2c1. The fourth-order valence-corrected chi connectivity index (χ4v) is 5.79. The van der Waals surface area contributed by atoms with Crippen LogP contribution in [-0.2, 0) is 9.59 Å². The molecule has 0 radical (unpaired) electrons. The van der Waals surface area contributed by atoms with E-state index < -0.39 is 28.4 Å². The summed E-state index contributed by atoms with van der Waals surface area (Å²) in [6.07, 6.45) is 1.70. The number of nitro groups is 1. The van der Waals surface area contributed by atoms with Gasteiger partial charge in [-0.3, -0.25) is 29.0 Å². The second-order valence-corrected chi connectivity index (χ2v) is 9.83. The lowest BCUT2D eigenvalue weighted by molar-refractivity contribution is -0.384. The van der Waals surface area contributed by atoms with E-state index in [1.807, 2.05) is 0 Å². The van der Waals surface area contributed by atoms with Crippen LogP contribution < -0.4 is 9.64 Å². The average molecular weight is 542 g/mol. The van der Waals surface area contributed by atoms with Gasteiger partial charge >= 0.3 is 5.91 Å². The number of benzene rings is 2. The van der Waals surface area contributed by atoms with Crippen molar-refractivity contribution in [1.82, 2.24) is 14.4 Å². The molecule has 5 aromatic rings. The van der Waals surface area contributed by atoms with E-state index in [0.29, 0.717) is 28.2 Å². The van der Waals surface area contributed by atoms with Gasteiger partial charge in [0, 0.05) is 18.3 Å². The first-order valence-corrected chi connectivity index (χ1v) is 12.5. The maximum atomic E-state index is 13.6. The monoisotopic (exact) mass is 541 g/mol. The summed E-state index contributed by atoms with van der Waals surface area (Å²) in [6, 6.07) is 15.0. The number of aromatic nitrogens is 3. The number of aryl methyl sites for hydroxylation is 1. The number of fused-ring (bicyclic) bond motifs is 2. The number of aliphatic hydroxyl groups excluding tert-OH is 1. The van der Waals surface area contributed by atoms with Crippen molar-refractivity contribution < 1.29 is 24.4 Å². The van der Waals surface area contributed by atoms with E-state index in [-0.39, 0.29) is 22.1 Å². The number of hydrogen-bond acceptors (Lipinski definition) is 9. The molecule has 1 unspecified atom stereocenters. The number of ether oxygens (including phenoxy) is 1. The van der Waals surface area contributed by atoms with E-state index in [4.69, 9.17) is 4.74 Å². The third-order valence-corrected chi connectivity index (χ3v) is 7.60. The Morgan fingerprint density at radius 2 is 1.87 bits per heavy atom. The van der Waals surface area contributed by atoms with E-state index in [2.05, 4.69) is 9.97 Å². The van der Waals surface area contributed by atoms with Crippen molar-refractivity contribution in [3.05, 3.63) is 99.5 Å². The van der Waals surface area contributed by atoms with Crippen LogP contribution in [0.1, 0.15) is 23.0 Å². The van der Waals surface area contributed by atoms with Crippen LogP contribution in [0.3, 0.4) is 0 Å². The number of rotatable bonds is 5. The predicted molar refractivity (Wildman–Crippen MR) is 144 cm³/mol. The first-order chi connectivity index (χ1) is 18.8. The average Bonchev–Trinajstić information content (AvgIpc) is 3.58. The van der Waals surface area contributed by atoms with Gasteiger partial charge in [-0.05, 0) is 55.0 Å². The Balaban J connectivity index is 1.59. The Morgan fingerprint density at radius 3 is 2.59 bits per heavy atom. The second kappa shape index (κ2) is 9.03. The van der Waals surface area contributed by atoms with Crippen molar-refractivity contribution in [3.8, 4) is 5.75 Å². The molecule has 0 saturated carbocycles. The lowest BCUT2D eigenvalue weighted by atomic mass is 9.96. The third-order valence-electron chi connectivity index (χ3n) is 6.58. The van der Waals surface area contributed by atoms with Gasteiger partial charge < -0.3 is 9.84 Å². The molecular weight excluding hydrogens is 522 g/mol. The van der Waals surface area contributed by atoms with Crippen molar-refractivity contribution in [2.75, 3.05) is 12.0 Å². The molecule has 1 fully saturated rings. The number of methoxy groups -OCH3 is 1. The van der Waals surface area contributed by atoms with Crippen LogP contribution >= 0.6 is 11.3 Å². The maximum Gasteiger partial charge on any atom is 0.301 e. The topological polar surface area (TPSA) is 140 Å². The number of Topliss-reactive ketones (excluding diaryl/α,β-unsaturated/α-hetero) is 1. The summed E-state index contributed by atoms with van der Waals surface area (Å²) in [6.45, 7) is 1.69. The number of imidazole rings is 1. The van der Waals surface area contributed by atoms with Crippen LogP contribution in [0.4, 0.5) is 10.8 Å². The van der Waals surface area contributed by atoms with E-state index in [9.17, 15) is 24.8 Å². The minimum atomic E-state index is -1.10. The molecule has 0 bridgehead atoms. The van der Waals surface area contributed by atoms with E-state index in [0.717, 1.165) is 4.70 Å². The van der Waals surface area contributed by atoms with E-state index >= 15 is 0 Å². The van der Waals surface area contributed by atoms with Gasteiger partial charge in [-0.2, -0.15) is 0 Å². The van der Waals surface area contributed by atoms with Crippen molar-refractivity contribution >= 4 is 55.5 Å². The molecule has 3 aromatic heterocycles. The number of nitrogens with zero attached hydrogens (tertiary/aromatic N) is 5. The molecule has 1 atom stereocenters. The Bertz CT molecular complexity index is 1860. The van der Waals surface area contributed by atoms with Gasteiger partial charge in [0.15, 0.2) is 10.9 Å². The highest BCUT2D eigenvalue weighted by Gasteiger charge is 2.48. The Hall–Kier alpha value is -5.10. The zero-order chi connectivity index (χ0) is 27.4. The van der Waals surface area contributed by atoms with Crippen LogP contribution in [-0.4, -0.2) is 43.2 Å². The lowest BCUT2D eigenvalue weighted by Crippen LogP contribution is -2.29. The molecule has 11 nitrogen and oxygen atoms in total. The number of thiazole rings is 1. The van der Waals surface area contributed by atoms with Crippen LogP contribution in [0.25, 0.3) is 21.6 Å². The number of carbonyl (C=O) groups is 2. The maximum absolute atomic E-state index is 13.6. The van der Waals surface area contributed by atoms with Gasteiger partial charge in [-0.25, -0.2) is 9.97 Å². The summed E-state index contributed by atoms with van der Waals surface area (Å²) in [5, 5.41) is 23.1. The summed E-state index contributed by atoms with van der Waals surface area (Å²) in [7, 11) is 1.54. The molecule has 194 valence electrons. The summed E-state index contributed by atoms with van der Waals surface area (Å²) in [5.74, 6) is -1.58. The molecule has 1 N–H and O–H groups in total. The normalized spacial score (nSPS) is 16.9. The first kappa shape index (κ1) is 24.2. The van der Waals surface area contributed by atoms with Gasteiger partial charge in [0.2, 0.25) is 0 Å². The predicted octanol–water partition coefficient (Wildman–Crippen LogP) is 4.80. The minimum Gasteiger partial charge on any atom is -0.505 e. The fourth-order valence-electron chi connectivity index (χ4n) is 4.77. The summed E-state index contributed by atoms with van der Waals surface area (Å²) < 4.78 is 7.65.